The van der Waals surface area contributed by atoms with Crippen LogP contribution in [0.1, 0.15) is 22.3 Å². The van der Waals surface area contributed by atoms with E-state index < -0.39 is 0 Å². The van der Waals surface area contributed by atoms with Crippen molar-refractivity contribution >= 4 is 22.9 Å². The fourth-order valence-electron chi connectivity index (χ4n) is 2.93. The van der Waals surface area contributed by atoms with Gasteiger partial charge in [-0.3, -0.25) is 0 Å². The quantitative estimate of drug-likeness (QED) is 0.849. The number of anilines is 1. The Balaban J connectivity index is 1.85. The van der Waals surface area contributed by atoms with Crippen LogP contribution in [0.5, 0.6) is 0 Å². The van der Waals surface area contributed by atoms with Gasteiger partial charge in [0.1, 0.15) is 4.99 Å². The van der Waals surface area contributed by atoms with Gasteiger partial charge in [0, 0.05) is 17.3 Å². The minimum atomic E-state index is 0.418. The van der Waals surface area contributed by atoms with E-state index in [1.807, 2.05) is 12.1 Å². The van der Waals surface area contributed by atoms with Crippen molar-refractivity contribution in [1.29, 1.82) is 0 Å². The van der Waals surface area contributed by atoms with Gasteiger partial charge in [0.15, 0.2) is 0 Å². The molecule has 0 spiro atoms. The van der Waals surface area contributed by atoms with Crippen molar-refractivity contribution in [3.05, 3.63) is 64.7 Å². The summed E-state index contributed by atoms with van der Waals surface area (Å²) in [5, 5.41) is 3.64. The van der Waals surface area contributed by atoms with Crippen LogP contribution in [0.25, 0.3) is 0 Å². The molecular weight excluding hydrogens is 264 g/mol. The number of thiocarbonyl (C=S) groups is 1. The molecule has 0 aromatic heterocycles. The van der Waals surface area contributed by atoms with Crippen LogP contribution in [0.4, 0.5) is 5.69 Å². The van der Waals surface area contributed by atoms with E-state index in [4.69, 9.17) is 18.0 Å². The number of fused-ring (bicyclic) bond motifs is 1. The Morgan fingerprint density at radius 2 is 1.75 bits per heavy atom. The lowest BCUT2D eigenvalue weighted by atomic mass is 10.1. The van der Waals surface area contributed by atoms with Crippen molar-refractivity contribution < 1.29 is 0 Å². The van der Waals surface area contributed by atoms with Gasteiger partial charge in [0.2, 0.25) is 0 Å². The fourth-order valence-corrected chi connectivity index (χ4v) is 3.10. The molecule has 3 heteroatoms. The van der Waals surface area contributed by atoms with Crippen LogP contribution in [0.3, 0.4) is 0 Å². The molecule has 0 radical (unpaired) electrons. The fraction of sp³-hybridized carbons (Fsp3) is 0.235. The van der Waals surface area contributed by atoms with Gasteiger partial charge in [-0.1, -0.05) is 48.6 Å². The van der Waals surface area contributed by atoms with Gasteiger partial charge in [-0.15, -0.1) is 0 Å². The number of hydrogen-bond acceptors (Lipinski definition) is 2. The van der Waals surface area contributed by atoms with Crippen LogP contribution in [0.2, 0.25) is 0 Å². The van der Waals surface area contributed by atoms with Crippen LogP contribution in [-0.2, 0) is 12.8 Å². The van der Waals surface area contributed by atoms with Crippen molar-refractivity contribution in [2.45, 2.75) is 25.8 Å². The molecule has 2 nitrogen and oxygen atoms in total. The average Bonchev–Trinajstić information content (AvgIpc) is 2.83. The summed E-state index contributed by atoms with van der Waals surface area (Å²) in [7, 11) is 0. The summed E-state index contributed by atoms with van der Waals surface area (Å²) in [6.07, 6.45) is 2.11. The molecule has 0 amide bonds. The second kappa shape index (κ2) is 5.25. The van der Waals surface area contributed by atoms with Gasteiger partial charge in [-0.05, 0) is 42.5 Å². The van der Waals surface area contributed by atoms with E-state index >= 15 is 0 Å². The number of nitrogens with one attached hydrogen (secondary N) is 1. The van der Waals surface area contributed by atoms with Crippen molar-refractivity contribution in [2.75, 3.05) is 5.32 Å². The normalized spacial score (nSPS) is 14.1. The lowest BCUT2D eigenvalue weighted by molar-refractivity contribution is 0.773. The summed E-state index contributed by atoms with van der Waals surface area (Å²) in [5.41, 5.74) is 11.9. The molecule has 20 heavy (non-hydrogen) atoms. The van der Waals surface area contributed by atoms with Crippen molar-refractivity contribution in [2.24, 2.45) is 5.73 Å². The Morgan fingerprint density at radius 1 is 1.10 bits per heavy atom. The van der Waals surface area contributed by atoms with Crippen LogP contribution >= 0.6 is 12.2 Å². The molecule has 3 N–H and O–H groups in total. The molecule has 0 saturated heterocycles. The molecule has 0 unspecified atom stereocenters. The van der Waals surface area contributed by atoms with Crippen LogP contribution in [0.15, 0.2) is 42.5 Å². The topological polar surface area (TPSA) is 38.0 Å². The van der Waals surface area contributed by atoms with Crippen LogP contribution in [-0.4, -0.2) is 11.0 Å². The molecule has 3 rings (SSSR count). The van der Waals surface area contributed by atoms with Crippen LogP contribution < -0.4 is 11.1 Å². The molecule has 0 aliphatic heterocycles. The van der Waals surface area contributed by atoms with Gasteiger partial charge < -0.3 is 11.1 Å². The molecule has 1 aliphatic carbocycles. The first kappa shape index (κ1) is 13.1. The first-order chi connectivity index (χ1) is 9.65. The summed E-state index contributed by atoms with van der Waals surface area (Å²) in [6, 6.07) is 15.1. The van der Waals surface area contributed by atoms with E-state index in [1.54, 1.807) is 0 Å². The molecular formula is C17H18N2S. The maximum Gasteiger partial charge on any atom is 0.106 e. The van der Waals surface area contributed by atoms with E-state index in [1.165, 1.54) is 16.7 Å². The van der Waals surface area contributed by atoms with E-state index in [-0.39, 0.29) is 0 Å². The molecule has 0 atom stereocenters. The third kappa shape index (κ3) is 2.41. The zero-order valence-corrected chi connectivity index (χ0v) is 12.3. The zero-order valence-electron chi connectivity index (χ0n) is 11.5. The number of rotatable bonds is 3. The molecule has 0 heterocycles. The summed E-state index contributed by atoms with van der Waals surface area (Å²) < 4.78 is 0. The lowest BCUT2D eigenvalue weighted by Crippen LogP contribution is -2.23. The van der Waals surface area contributed by atoms with E-state index in [0.717, 1.165) is 24.1 Å². The Labute approximate surface area is 125 Å². The van der Waals surface area contributed by atoms with Gasteiger partial charge in [-0.25, -0.2) is 0 Å². The lowest BCUT2D eigenvalue weighted by Gasteiger charge is -2.19. The third-order valence-corrected chi connectivity index (χ3v) is 4.16. The minimum Gasteiger partial charge on any atom is -0.389 e. The highest BCUT2D eigenvalue weighted by molar-refractivity contribution is 7.80. The molecule has 2 aromatic rings. The number of para-hydroxylation sites is 1. The Morgan fingerprint density at radius 3 is 2.35 bits per heavy atom. The average molecular weight is 282 g/mol. The zero-order chi connectivity index (χ0) is 14.1. The molecule has 102 valence electrons. The number of nitrogens with two attached hydrogens (primary N) is 1. The minimum absolute atomic E-state index is 0.418. The highest BCUT2D eigenvalue weighted by atomic mass is 32.1. The first-order valence-electron chi connectivity index (χ1n) is 6.88. The largest absolute Gasteiger partial charge is 0.389 e. The predicted octanol–water partition coefficient (Wildman–Crippen LogP) is 3.21. The molecule has 1 aliphatic rings. The Hall–Kier alpha value is -1.87. The maximum atomic E-state index is 5.83. The standard InChI is InChI=1S/C17H18N2S/c1-11-5-4-8-15(17(18)20)16(11)19-14-9-12-6-2-3-7-13(12)10-14/h2-8,14,19H,9-10H2,1H3,(H2,18,20). The summed E-state index contributed by atoms with van der Waals surface area (Å²) >= 11 is 5.16. The predicted molar refractivity (Wildman–Crippen MR) is 88.3 cm³/mol. The smallest absolute Gasteiger partial charge is 0.106 e. The molecule has 0 fully saturated rings. The summed E-state index contributed by atoms with van der Waals surface area (Å²) in [4.78, 5) is 0.451. The van der Waals surface area contributed by atoms with Crippen LogP contribution in [0, 0.1) is 6.92 Å². The maximum absolute atomic E-state index is 5.83. The second-order valence-corrected chi connectivity index (χ2v) is 5.82. The third-order valence-electron chi connectivity index (χ3n) is 3.94. The number of benzene rings is 2. The van der Waals surface area contributed by atoms with E-state index in [9.17, 15) is 0 Å². The second-order valence-electron chi connectivity index (χ2n) is 5.38. The van der Waals surface area contributed by atoms with Gasteiger partial charge >= 0.3 is 0 Å². The van der Waals surface area contributed by atoms with Crippen molar-refractivity contribution in [3.63, 3.8) is 0 Å². The van der Waals surface area contributed by atoms with Crippen molar-refractivity contribution in [3.8, 4) is 0 Å². The van der Waals surface area contributed by atoms with Gasteiger partial charge in [0.05, 0.1) is 0 Å². The number of aryl methyl sites for hydroxylation is 1. The molecule has 2 aromatic carbocycles. The van der Waals surface area contributed by atoms with E-state index in [2.05, 4.69) is 42.6 Å². The molecule has 0 saturated carbocycles. The monoisotopic (exact) mass is 282 g/mol. The number of hydrogen-bond donors (Lipinski definition) is 2. The first-order valence-corrected chi connectivity index (χ1v) is 7.28. The SMILES string of the molecule is Cc1cccc(C(N)=S)c1NC1Cc2ccccc2C1. The highest BCUT2D eigenvalue weighted by Crippen LogP contribution is 2.27. The van der Waals surface area contributed by atoms with E-state index in [0.29, 0.717) is 11.0 Å². The Kier molecular flexibility index (Phi) is 3.45. The van der Waals surface area contributed by atoms with Gasteiger partial charge in [0.25, 0.3) is 0 Å². The summed E-state index contributed by atoms with van der Waals surface area (Å²) in [5.74, 6) is 0. The van der Waals surface area contributed by atoms with Crippen molar-refractivity contribution in [1.82, 2.24) is 0 Å². The van der Waals surface area contributed by atoms with Gasteiger partial charge in [-0.2, -0.15) is 0 Å². The highest BCUT2D eigenvalue weighted by Gasteiger charge is 2.22. The molecule has 0 bridgehead atoms. The Bertz CT molecular complexity index is 639. The summed E-state index contributed by atoms with van der Waals surface area (Å²) in [6.45, 7) is 2.09.